The minimum absolute atomic E-state index is 0.267. The quantitative estimate of drug-likeness (QED) is 0.830. The Morgan fingerprint density at radius 2 is 2.06 bits per heavy atom. The number of ether oxygens (including phenoxy) is 1. The Balaban J connectivity index is 2.56. The number of hydrogen-bond acceptors (Lipinski definition) is 2. The SMILES string of the molecule is COc1[c]ccc(-c2cccc(O)c2)c1C. The minimum Gasteiger partial charge on any atom is -0.508 e. The molecule has 0 heterocycles. The zero-order valence-corrected chi connectivity index (χ0v) is 9.32. The molecular formula is C14H13O2. The zero-order chi connectivity index (χ0) is 11.5. The minimum atomic E-state index is 0.267. The number of phenols is 1. The summed E-state index contributed by atoms with van der Waals surface area (Å²) in [6.45, 7) is 1.98. The van der Waals surface area contributed by atoms with Crippen molar-refractivity contribution in [2.24, 2.45) is 0 Å². The molecule has 2 aromatic carbocycles. The van der Waals surface area contributed by atoms with Gasteiger partial charge in [-0.25, -0.2) is 0 Å². The second-order valence-corrected chi connectivity index (χ2v) is 3.60. The molecule has 0 aliphatic heterocycles. The summed E-state index contributed by atoms with van der Waals surface area (Å²) in [5.41, 5.74) is 3.05. The van der Waals surface area contributed by atoms with E-state index in [-0.39, 0.29) is 5.75 Å². The standard InChI is InChI=1S/C14H13O2/c1-10-13(7-4-8-14(10)16-2)11-5-3-6-12(15)9-11/h3-7,9,15H,1-2H3. The van der Waals surface area contributed by atoms with Gasteiger partial charge in [-0.2, -0.15) is 0 Å². The Kier molecular flexibility index (Phi) is 2.82. The Morgan fingerprint density at radius 3 is 2.75 bits per heavy atom. The highest BCUT2D eigenvalue weighted by atomic mass is 16.5. The second kappa shape index (κ2) is 4.27. The molecule has 0 amide bonds. The normalized spacial score (nSPS) is 10.1. The number of phenolic OH excluding ortho intramolecular Hbond substituents is 1. The van der Waals surface area contributed by atoms with E-state index in [1.165, 1.54) is 0 Å². The topological polar surface area (TPSA) is 29.5 Å². The monoisotopic (exact) mass is 213 g/mol. The number of aromatic hydroxyl groups is 1. The first kappa shape index (κ1) is 10.6. The van der Waals surface area contributed by atoms with Crippen LogP contribution in [0.5, 0.6) is 11.5 Å². The van der Waals surface area contributed by atoms with Gasteiger partial charge in [0.2, 0.25) is 0 Å². The summed E-state index contributed by atoms with van der Waals surface area (Å²) in [5.74, 6) is 1.00. The van der Waals surface area contributed by atoms with Crippen LogP contribution in [0.4, 0.5) is 0 Å². The molecular weight excluding hydrogens is 200 g/mol. The number of hydrogen-bond donors (Lipinski definition) is 1. The highest BCUT2D eigenvalue weighted by molar-refractivity contribution is 5.70. The molecule has 0 bridgehead atoms. The van der Waals surface area contributed by atoms with Gasteiger partial charge in [0.25, 0.3) is 0 Å². The molecule has 0 spiro atoms. The van der Waals surface area contributed by atoms with E-state index in [1.54, 1.807) is 19.2 Å². The maximum atomic E-state index is 9.45. The largest absolute Gasteiger partial charge is 0.508 e. The van der Waals surface area contributed by atoms with Crippen molar-refractivity contribution in [3.05, 3.63) is 48.0 Å². The van der Waals surface area contributed by atoms with Gasteiger partial charge in [0.1, 0.15) is 11.5 Å². The maximum Gasteiger partial charge on any atom is 0.130 e. The summed E-state index contributed by atoms with van der Waals surface area (Å²) in [6.07, 6.45) is 0. The van der Waals surface area contributed by atoms with Gasteiger partial charge in [-0.15, -0.1) is 0 Å². The van der Waals surface area contributed by atoms with Crippen LogP contribution >= 0.6 is 0 Å². The molecule has 1 radical (unpaired) electrons. The van der Waals surface area contributed by atoms with Gasteiger partial charge in [0, 0.05) is 6.07 Å². The van der Waals surface area contributed by atoms with Crippen molar-refractivity contribution in [2.75, 3.05) is 7.11 Å². The van der Waals surface area contributed by atoms with Crippen molar-refractivity contribution in [2.45, 2.75) is 6.92 Å². The van der Waals surface area contributed by atoms with Gasteiger partial charge in [0.15, 0.2) is 0 Å². The lowest BCUT2D eigenvalue weighted by Gasteiger charge is -2.10. The number of benzene rings is 2. The fourth-order valence-electron chi connectivity index (χ4n) is 1.75. The Labute approximate surface area is 95.1 Å². The summed E-state index contributed by atoms with van der Waals surface area (Å²) in [4.78, 5) is 0. The van der Waals surface area contributed by atoms with E-state index in [0.717, 1.165) is 22.4 Å². The fourth-order valence-corrected chi connectivity index (χ4v) is 1.75. The second-order valence-electron chi connectivity index (χ2n) is 3.60. The predicted molar refractivity (Wildman–Crippen MR) is 63.7 cm³/mol. The van der Waals surface area contributed by atoms with Crippen LogP contribution in [0.3, 0.4) is 0 Å². The van der Waals surface area contributed by atoms with Gasteiger partial charge in [-0.1, -0.05) is 18.2 Å². The molecule has 2 rings (SSSR count). The van der Waals surface area contributed by atoms with Crippen LogP contribution in [0.1, 0.15) is 5.56 Å². The van der Waals surface area contributed by atoms with Crippen LogP contribution in [0.15, 0.2) is 36.4 Å². The summed E-state index contributed by atoms with van der Waals surface area (Å²) < 4.78 is 5.22. The average Bonchev–Trinajstić information content (AvgIpc) is 2.29. The van der Waals surface area contributed by atoms with E-state index in [1.807, 2.05) is 31.2 Å². The lowest BCUT2D eigenvalue weighted by atomic mass is 10.00. The van der Waals surface area contributed by atoms with Crippen molar-refractivity contribution in [3.8, 4) is 22.6 Å². The van der Waals surface area contributed by atoms with Crippen molar-refractivity contribution in [1.29, 1.82) is 0 Å². The van der Waals surface area contributed by atoms with Gasteiger partial charge in [-0.3, -0.25) is 0 Å². The third-order valence-corrected chi connectivity index (χ3v) is 2.57. The molecule has 16 heavy (non-hydrogen) atoms. The summed E-state index contributed by atoms with van der Waals surface area (Å²) in [5, 5.41) is 9.45. The molecule has 0 aromatic heterocycles. The average molecular weight is 213 g/mol. The lowest BCUT2D eigenvalue weighted by Crippen LogP contribution is -1.90. The smallest absolute Gasteiger partial charge is 0.130 e. The van der Waals surface area contributed by atoms with Gasteiger partial charge in [-0.05, 0) is 41.8 Å². The molecule has 81 valence electrons. The highest BCUT2D eigenvalue weighted by Gasteiger charge is 2.06. The molecule has 0 aliphatic rings. The Bertz CT molecular complexity index is 504. The third-order valence-electron chi connectivity index (χ3n) is 2.57. The van der Waals surface area contributed by atoms with Gasteiger partial charge < -0.3 is 9.84 Å². The summed E-state index contributed by atoms with van der Waals surface area (Å²) in [6, 6.07) is 14.0. The molecule has 0 aliphatic carbocycles. The highest BCUT2D eigenvalue weighted by Crippen LogP contribution is 2.30. The van der Waals surface area contributed by atoms with E-state index < -0.39 is 0 Å². The van der Waals surface area contributed by atoms with Crippen molar-refractivity contribution in [3.63, 3.8) is 0 Å². The maximum absolute atomic E-state index is 9.45. The lowest BCUT2D eigenvalue weighted by molar-refractivity contribution is 0.411. The first-order valence-corrected chi connectivity index (χ1v) is 5.07. The van der Waals surface area contributed by atoms with Crippen LogP contribution in [-0.4, -0.2) is 12.2 Å². The van der Waals surface area contributed by atoms with Crippen LogP contribution in [0, 0.1) is 13.0 Å². The molecule has 0 atom stereocenters. The van der Waals surface area contributed by atoms with E-state index in [0.29, 0.717) is 0 Å². The van der Waals surface area contributed by atoms with Crippen LogP contribution in [-0.2, 0) is 0 Å². The van der Waals surface area contributed by atoms with Gasteiger partial charge >= 0.3 is 0 Å². The third kappa shape index (κ3) is 1.87. The molecule has 1 N–H and O–H groups in total. The van der Waals surface area contributed by atoms with Crippen LogP contribution in [0.25, 0.3) is 11.1 Å². The molecule has 0 unspecified atom stereocenters. The molecule has 0 saturated carbocycles. The Morgan fingerprint density at radius 1 is 1.25 bits per heavy atom. The summed E-state index contributed by atoms with van der Waals surface area (Å²) in [7, 11) is 1.63. The Hall–Kier alpha value is -1.96. The van der Waals surface area contributed by atoms with E-state index in [2.05, 4.69) is 6.07 Å². The van der Waals surface area contributed by atoms with Crippen LogP contribution < -0.4 is 4.74 Å². The fraction of sp³-hybridized carbons (Fsp3) is 0.143. The molecule has 0 saturated heterocycles. The van der Waals surface area contributed by atoms with Gasteiger partial charge in [0.05, 0.1) is 7.11 Å². The van der Waals surface area contributed by atoms with Crippen molar-refractivity contribution >= 4 is 0 Å². The summed E-state index contributed by atoms with van der Waals surface area (Å²) >= 11 is 0. The van der Waals surface area contributed by atoms with Crippen molar-refractivity contribution < 1.29 is 9.84 Å². The first-order valence-electron chi connectivity index (χ1n) is 5.07. The molecule has 2 nitrogen and oxygen atoms in total. The van der Waals surface area contributed by atoms with E-state index in [9.17, 15) is 5.11 Å². The van der Waals surface area contributed by atoms with Crippen LogP contribution in [0.2, 0.25) is 0 Å². The van der Waals surface area contributed by atoms with Crippen molar-refractivity contribution in [1.82, 2.24) is 0 Å². The number of methoxy groups -OCH3 is 1. The van der Waals surface area contributed by atoms with E-state index >= 15 is 0 Å². The molecule has 2 heteroatoms. The first-order chi connectivity index (χ1) is 7.72. The molecule has 0 fully saturated rings. The molecule has 2 aromatic rings. The van der Waals surface area contributed by atoms with E-state index in [4.69, 9.17) is 4.74 Å². The number of rotatable bonds is 2. The predicted octanol–water partition coefficient (Wildman–Crippen LogP) is 3.18. The zero-order valence-electron chi connectivity index (χ0n) is 9.32.